The van der Waals surface area contributed by atoms with Gasteiger partial charge in [0.1, 0.15) is 0 Å². The minimum absolute atomic E-state index is 0.114. The van der Waals surface area contributed by atoms with Gasteiger partial charge in [0.15, 0.2) is 5.78 Å². The molecule has 0 radical (unpaired) electrons. The van der Waals surface area contributed by atoms with Gasteiger partial charge in [-0.1, -0.05) is 62.4 Å². The molecule has 0 spiro atoms. The van der Waals surface area contributed by atoms with E-state index < -0.39 is 0 Å². The Labute approximate surface area is 206 Å². The van der Waals surface area contributed by atoms with Crippen molar-refractivity contribution >= 4 is 23.1 Å². The van der Waals surface area contributed by atoms with Gasteiger partial charge in [-0.15, -0.1) is 0 Å². The van der Waals surface area contributed by atoms with Crippen molar-refractivity contribution in [3.05, 3.63) is 102 Å². The van der Waals surface area contributed by atoms with Gasteiger partial charge in [0.05, 0.1) is 24.0 Å². The summed E-state index contributed by atoms with van der Waals surface area (Å²) >= 11 is 0. The molecule has 2 aliphatic rings. The van der Waals surface area contributed by atoms with Crippen LogP contribution in [0.3, 0.4) is 0 Å². The average Bonchev–Trinajstić information content (AvgIpc) is 2.98. The Morgan fingerprint density at radius 1 is 1.06 bits per heavy atom. The van der Waals surface area contributed by atoms with Gasteiger partial charge in [-0.05, 0) is 41.2 Å². The van der Waals surface area contributed by atoms with Gasteiger partial charge < -0.3 is 15.5 Å². The lowest BCUT2D eigenvalue weighted by Crippen LogP contribution is -2.41. The summed E-state index contributed by atoms with van der Waals surface area (Å²) in [5.74, 6) is 0.0170. The maximum atomic E-state index is 13.6. The summed E-state index contributed by atoms with van der Waals surface area (Å²) < 4.78 is 0. The third-order valence-electron chi connectivity index (χ3n) is 6.65. The SMILES string of the molecule is CC1(C)CC(=O)C2=C(C1)Nc1ccccc1N(CC(=O)NCc1cccnc1)[C@@H]2c1ccccc1. The lowest BCUT2D eigenvalue weighted by atomic mass is 9.73. The van der Waals surface area contributed by atoms with E-state index in [9.17, 15) is 9.59 Å². The Bertz CT molecular complexity index is 1270. The van der Waals surface area contributed by atoms with Crippen molar-refractivity contribution in [2.75, 3.05) is 16.8 Å². The average molecular weight is 467 g/mol. The number of anilines is 2. The van der Waals surface area contributed by atoms with Crippen molar-refractivity contribution < 1.29 is 9.59 Å². The molecule has 0 unspecified atom stereocenters. The first-order valence-corrected chi connectivity index (χ1v) is 12.0. The van der Waals surface area contributed by atoms with E-state index in [0.717, 1.165) is 40.2 Å². The van der Waals surface area contributed by atoms with Crippen LogP contribution in [0.4, 0.5) is 11.4 Å². The van der Waals surface area contributed by atoms with Gasteiger partial charge >= 0.3 is 0 Å². The van der Waals surface area contributed by atoms with Crippen LogP contribution in [0.2, 0.25) is 0 Å². The van der Waals surface area contributed by atoms with Crippen LogP contribution < -0.4 is 15.5 Å². The topological polar surface area (TPSA) is 74.3 Å². The summed E-state index contributed by atoms with van der Waals surface area (Å²) in [6.45, 7) is 4.78. The molecule has 1 aromatic heterocycles. The Hall–Kier alpha value is -3.93. The smallest absolute Gasteiger partial charge is 0.239 e. The molecule has 178 valence electrons. The molecule has 6 heteroatoms. The zero-order valence-corrected chi connectivity index (χ0v) is 20.1. The van der Waals surface area contributed by atoms with Crippen molar-refractivity contribution in [1.82, 2.24) is 10.3 Å². The number of Topliss-reactive ketones (excluding diaryl/α,β-unsaturated/α-hetero) is 1. The molecule has 1 atom stereocenters. The van der Waals surface area contributed by atoms with Crippen molar-refractivity contribution in [3.8, 4) is 0 Å². The van der Waals surface area contributed by atoms with E-state index in [2.05, 4.69) is 34.4 Å². The van der Waals surface area contributed by atoms with Crippen LogP contribution >= 0.6 is 0 Å². The quantitative estimate of drug-likeness (QED) is 0.553. The first kappa shape index (κ1) is 22.8. The molecular formula is C29H30N4O2. The summed E-state index contributed by atoms with van der Waals surface area (Å²) in [6, 6.07) is 21.4. The Balaban J connectivity index is 1.57. The van der Waals surface area contributed by atoms with E-state index in [-0.39, 0.29) is 29.7 Å². The van der Waals surface area contributed by atoms with Crippen molar-refractivity contribution in [1.29, 1.82) is 0 Å². The van der Waals surface area contributed by atoms with E-state index in [0.29, 0.717) is 13.0 Å². The van der Waals surface area contributed by atoms with Gasteiger partial charge in [0, 0.05) is 36.6 Å². The van der Waals surface area contributed by atoms with Crippen LogP contribution in [0.25, 0.3) is 0 Å². The largest absolute Gasteiger partial charge is 0.357 e. The Kier molecular flexibility index (Phi) is 6.12. The lowest BCUT2D eigenvalue weighted by Gasteiger charge is -2.37. The number of benzene rings is 2. The number of rotatable bonds is 5. The number of allylic oxidation sites excluding steroid dienone is 1. The van der Waals surface area contributed by atoms with Gasteiger partial charge in [0.25, 0.3) is 0 Å². The normalized spacial score (nSPS) is 18.7. The monoisotopic (exact) mass is 466 g/mol. The second-order valence-corrected chi connectivity index (χ2v) is 10.1. The molecule has 0 saturated heterocycles. The third kappa shape index (κ3) is 4.83. The van der Waals surface area contributed by atoms with E-state index in [1.165, 1.54) is 0 Å². The molecule has 3 aromatic rings. The number of carbonyl (C=O) groups is 2. The molecular weight excluding hydrogens is 436 g/mol. The second kappa shape index (κ2) is 9.37. The predicted octanol–water partition coefficient (Wildman–Crippen LogP) is 5.01. The second-order valence-electron chi connectivity index (χ2n) is 10.1. The van der Waals surface area contributed by atoms with Crippen LogP contribution in [0, 0.1) is 5.41 Å². The summed E-state index contributed by atoms with van der Waals surface area (Å²) in [4.78, 5) is 33.1. The zero-order valence-electron chi connectivity index (χ0n) is 20.1. The molecule has 2 N–H and O–H groups in total. The molecule has 1 aliphatic carbocycles. The number of nitrogens with one attached hydrogen (secondary N) is 2. The minimum atomic E-state index is -0.366. The molecule has 1 aliphatic heterocycles. The summed E-state index contributed by atoms with van der Waals surface area (Å²) in [5.41, 5.74) is 5.31. The number of nitrogens with zero attached hydrogens (tertiary/aromatic N) is 2. The summed E-state index contributed by atoms with van der Waals surface area (Å²) in [5, 5.41) is 6.61. The molecule has 6 nitrogen and oxygen atoms in total. The van der Waals surface area contributed by atoms with Gasteiger partial charge in [-0.25, -0.2) is 0 Å². The first-order valence-electron chi connectivity index (χ1n) is 12.0. The zero-order chi connectivity index (χ0) is 24.4. The highest BCUT2D eigenvalue weighted by atomic mass is 16.2. The summed E-state index contributed by atoms with van der Waals surface area (Å²) in [7, 11) is 0. The maximum Gasteiger partial charge on any atom is 0.239 e. The standard InChI is InChI=1S/C29H30N4O2/c1-29(2)15-23-27(25(34)16-29)28(21-10-4-3-5-11-21)33(24-13-7-6-12-22(24)32-23)19-26(35)31-18-20-9-8-14-30-17-20/h3-14,17,28,32H,15-16,18-19H2,1-2H3,(H,31,35)/t28-/m1/s1. The van der Waals surface area contributed by atoms with Crippen LogP contribution in [0.15, 0.2) is 90.4 Å². The van der Waals surface area contributed by atoms with Crippen LogP contribution in [-0.4, -0.2) is 23.2 Å². The first-order chi connectivity index (χ1) is 16.9. The fourth-order valence-corrected chi connectivity index (χ4v) is 5.12. The molecule has 0 fully saturated rings. The number of ketones is 1. The molecule has 2 heterocycles. The van der Waals surface area contributed by atoms with E-state index in [1.807, 2.05) is 66.7 Å². The predicted molar refractivity (Wildman–Crippen MR) is 138 cm³/mol. The van der Waals surface area contributed by atoms with Gasteiger partial charge in [-0.3, -0.25) is 14.6 Å². The molecule has 1 amide bonds. The highest BCUT2D eigenvalue weighted by Gasteiger charge is 2.41. The Morgan fingerprint density at radius 3 is 2.60 bits per heavy atom. The molecule has 0 bridgehead atoms. The number of carbonyl (C=O) groups excluding carboxylic acids is 2. The van der Waals surface area contributed by atoms with Crippen molar-refractivity contribution in [2.45, 2.75) is 39.3 Å². The summed E-state index contributed by atoms with van der Waals surface area (Å²) in [6.07, 6.45) is 4.71. The van der Waals surface area contributed by atoms with E-state index >= 15 is 0 Å². The number of para-hydroxylation sites is 2. The fourth-order valence-electron chi connectivity index (χ4n) is 5.12. The molecule has 0 saturated carbocycles. The van der Waals surface area contributed by atoms with Crippen LogP contribution in [-0.2, 0) is 16.1 Å². The number of aromatic nitrogens is 1. The lowest BCUT2D eigenvalue weighted by molar-refractivity contribution is -0.120. The fraction of sp³-hybridized carbons (Fsp3) is 0.276. The maximum absolute atomic E-state index is 13.6. The number of fused-ring (bicyclic) bond motifs is 1. The van der Waals surface area contributed by atoms with Crippen LogP contribution in [0.1, 0.15) is 43.9 Å². The molecule has 5 rings (SSSR count). The van der Waals surface area contributed by atoms with Gasteiger partial charge in [-0.2, -0.15) is 0 Å². The van der Waals surface area contributed by atoms with Gasteiger partial charge in [0.2, 0.25) is 5.91 Å². The molecule has 35 heavy (non-hydrogen) atoms. The third-order valence-corrected chi connectivity index (χ3v) is 6.65. The number of hydrogen-bond donors (Lipinski definition) is 2. The number of hydrogen-bond acceptors (Lipinski definition) is 5. The van der Waals surface area contributed by atoms with Crippen molar-refractivity contribution in [3.63, 3.8) is 0 Å². The Morgan fingerprint density at radius 2 is 1.83 bits per heavy atom. The highest BCUT2D eigenvalue weighted by molar-refractivity contribution is 6.01. The van der Waals surface area contributed by atoms with Crippen LogP contribution in [0.5, 0.6) is 0 Å². The van der Waals surface area contributed by atoms with Crippen molar-refractivity contribution in [2.24, 2.45) is 5.41 Å². The number of pyridine rings is 1. The molecule has 2 aromatic carbocycles. The number of amides is 1. The van der Waals surface area contributed by atoms with E-state index in [1.54, 1.807) is 12.4 Å². The van der Waals surface area contributed by atoms with E-state index in [4.69, 9.17) is 0 Å². The minimum Gasteiger partial charge on any atom is -0.357 e. The highest BCUT2D eigenvalue weighted by Crippen LogP contribution is 2.48.